The van der Waals surface area contributed by atoms with Gasteiger partial charge in [0.1, 0.15) is 0 Å². The maximum absolute atomic E-state index is 6.78. The standard InChI is InChI=1S/C20H37B/c1-19(2,3)20(21)15-9-13-18(14-10-16-20)17-11-7-5-4-6-8-12-17/h17-18H,4-16H2,1-3H3. The van der Waals surface area contributed by atoms with Crippen LogP contribution in [0.15, 0.2) is 0 Å². The van der Waals surface area contributed by atoms with Gasteiger partial charge < -0.3 is 0 Å². The van der Waals surface area contributed by atoms with Crippen molar-refractivity contribution in [1.29, 1.82) is 0 Å². The quantitative estimate of drug-likeness (QED) is 0.471. The highest BCUT2D eigenvalue weighted by molar-refractivity contribution is 6.15. The molecule has 0 aliphatic heterocycles. The van der Waals surface area contributed by atoms with Gasteiger partial charge >= 0.3 is 0 Å². The first-order chi connectivity index (χ1) is 9.92. The second-order valence-corrected chi connectivity index (χ2v) is 9.06. The van der Waals surface area contributed by atoms with E-state index in [-0.39, 0.29) is 10.7 Å². The van der Waals surface area contributed by atoms with E-state index in [4.69, 9.17) is 7.85 Å². The molecule has 0 heterocycles. The minimum atomic E-state index is 0.0684. The summed E-state index contributed by atoms with van der Waals surface area (Å²) in [6.45, 7) is 7.00. The summed E-state index contributed by atoms with van der Waals surface area (Å²) < 4.78 is 0. The smallest absolute Gasteiger partial charge is 0.0613 e. The van der Waals surface area contributed by atoms with Crippen molar-refractivity contribution in [2.75, 3.05) is 0 Å². The Morgan fingerprint density at radius 2 is 1.05 bits per heavy atom. The Bertz CT molecular complexity index is 283. The van der Waals surface area contributed by atoms with Crippen LogP contribution in [0, 0.1) is 17.3 Å². The summed E-state index contributed by atoms with van der Waals surface area (Å²) in [5, 5.41) is 0.0684. The fourth-order valence-corrected chi connectivity index (χ4v) is 4.81. The Labute approximate surface area is 135 Å². The van der Waals surface area contributed by atoms with Crippen LogP contribution in [0.1, 0.15) is 104 Å². The van der Waals surface area contributed by atoms with E-state index in [1.807, 2.05) is 0 Å². The van der Waals surface area contributed by atoms with Crippen LogP contribution >= 0.6 is 0 Å². The molecule has 2 aliphatic carbocycles. The molecule has 2 saturated carbocycles. The highest BCUT2D eigenvalue weighted by Crippen LogP contribution is 2.52. The first kappa shape index (κ1) is 17.4. The van der Waals surface area contributed by atoms with Crippen LogP contribution in [-0.2, 0) is 0 Å². The molecule has 0 aromatic carbocycles. The predicted octanol–water partition coefficient (Wildman–Crippen LogP) is 6.69. The van der Waals surface area contributed by atoms with E-state index >= 15 is 0 Å². The molecule has 2 fully saturated rings. The van der Waals surface area contributed by atoms with E-state index in [0.29, 0.717) is 0 Å². The molecule has 0 bridgehead atoms. The molecule has 0 unspecified atom stereocenters. The topological polar surface area (TPSA) is 0 Å². The lowest BCUT2D eigenvalue weighted by Crippen LogP contribution is -2.31. The van der Waals surface area contributed by atoms with Gasteiger partial charge in [0.15, 0.2) is 0 Å². The molecule has 21 heavy (non-hydrogen) atoms. The van der Waals surface area contributed by atoms with Crippen LogP contribution in [0.3, 0.4) is 0 Å². The maximum Gasteiger partial charge on any atom is 0.0753 e. The molecule has 0 aromatic rings. The summed E-state index contributed by atoms with van der Waals surface area (Å²) in [4.78, 5) is 0. The molecule has 0 saturated heterocycles. The van der Waals surface area contributed by atoms with Gasteiger partial charge in [-0.2, -0.15) is 0 Å². The van der Waals surface area contributed by atoms with Gasteiger partial charge in [0.05, 0.1) is 7.85 Å². The Balaban J connectivity index is 1.89. The highest BCUT2D eigenvalue weighted by atomic mass is 14.4. The fourth-order valence-electron chi connectivity index (χ4n) is 4.81. The lowest BCUT2D eigenvalue weighted by molar-refractivity contribution is 0.167. The van der Waals surface area contributed by atoms with Gasteiger partial charge in [0.25, 0.3) is 0 Å². The van der Waals surface area contributed by atoms with Gasteiger partial charge in [-0.1, -0.05) is 110 Å². The number of rotatable bonds is 1. The molecule has 2 radical (unpaired) electrons. The molecule has 2 aliphatic rings. The Morgan fingerprint density at radius 1 is 0.667 bits per heavy atom. The number of hydrogen-bond donors (Lipinski definition) is 0. The second kappa shape index (κ2) is 7.56. The van der Waals surface area contributed by atoms with Gasteiger partial charge in [-0.15, -0.1) is 0 Å². The van der Waals surface area contributed by atoms with Crippen molar-refractivity contribution >= 4 is 7.85 Å². The lowest BCUT2D eigenvalue weighted by Gasteiger charge is -2.45. The monoisotopic (exact) mass is 288 g/mol. The van der Waals surface area contributed by atoms with E-state index in [2.05, 4.69) is 20.8 Å². The van der Waals surface area contributed by atoms with Crippen LogP contribution in [0.5, 0.6) is 0 Å². The third kappa shape index (κ3) is 4.77. The molecule has 2 rings (SSSR count). The van der Waals surface area contributed by atoms with E-state index in [1.165, 1.54) is 83.5 Å². The predicted molar refractivity (Wildman–Crippen MR) is 94.9 cm³/mol. The zero-order valence-electron chi connectivity index (χ0n) is 14.9. The SMILES string of the molecule is [B]C1(C(C)(C)C)CCCC(C2CCCCCCC2)CCC1. The normalized spacial score (nSPS) is 34.5. The van der Waals surface area contributed by atoms with Crippen LogP contribution in [0.2, 0.25) is 5.31 Å². The molecule has 0 amide bonds. The van der Waals surface area contributed by atoms with E-state index < -0.39 is 0 Å². The lowest BCUT2D eigenvalue weighted by atomic mass is 9.49. The van der Waals surface area contributed by atoms with Crippen molar-refractivity contribution in [3.8, 4) is 0 Å². The molecule has 0 aromatic heterocycles. The maximum atomic E-state index is 6.78. The number of hydrogen-bond acceptors (Lipinski definition) is 0. The zero-order chi connectivity index (χ0) is 15.3. The van der Waals surface area contributed by atoms with Crippen LogP contribution in [0.4, 0.5) is 0 Å². The molecule has 0 atom stereocenters. The van der Waals surface area contributed by atoms with E-state index in [0.717, 1.165) is 11.8 Å². The summed E-state index contributed by atoms with van der Waals surface area (Å²) in [5.74, 6) is 2.04. The highest BCUT2D eigenvalue weighted by Gasteiger charge is 2.37. The van der Waals surface area contributed by atoms with E-state index in [9.17, 15) is 0 Å². The third-order valence-electron chi connectivity index (χ3n) is 6.71. The van der Waals surface area contributed by atoms with E-state index in [1.54, 1.807) is 0 Å². The molecule has 0 spiro atoms. The van der Waals surface area contributed by atoms with Crippen LogP contribution in [0.25, 0.3) is 0 Å². The summed E-state index contributed by atoms with van der Waals surface area (Å²) in [7, 11) is 6.78. The molecule has 120 valence electrons. The molecular weight excluding hydrogens is 251 g/mol. The second-order valence-electron chi connectivity index (χ2n) is 9.06. The zero-order valence-corrected chi connectivity index (χ0v) is 14.9. The minimum Gasteiger partial charge on any atom is -0.0613 e. The van der Waals surface area contributed by atoms with Crippen molar-refractivity contribution in [3.05, 3.63) is 0 Å². The van der Waals surface area contributed by atoms with Crippen molar-refractivity contribution in [3.63, 3.8) is 0 Å². The van der Waals surface area contributed by atoms with Crippen molar-refractivity contribution < 1.29 is 0 Å². The van der Waals surface area contributed by atoms with Crippen molar-refractivity contribution in [2.24, 2.45) is 17.3 Å². The molecular formula is C20H37B. The van der Waals surface area contributed by atoms with Gasteiger partial charge in [0.2, 0.25) is 0 Å². The van der Waals surface area contributed by atoms with Crippen LogP contribution < -0.4 is 0 Å². The first-order valence-corrected chi connectivity index (χ1v) is 9.71. The molecule has 0 nitrogen and oxygen atoms in total. The summed E-state index contributed by atoms with van der Waals surface area (Å²) in [6.07, 6.45) is 18.5. The third-order valence-corrected chi connectivity index (χ3v) is 6.71. The summed E-state index contributed by atoms with van der Waals surface area (Å²) >= 11 is 0. The van der Waals surface area contributed by atoms with Crippen molar-refractivity contribution in [2.45, 2.75) is 110 Å². The largest absolute Gasteiger partial charge is 0.0753 e. The Morgan fingerprint density at radius 3 is 1.48 bits per heavy atom. The first-order valence-electron chi connectivity index (χ1n) is 9.71. The average Bonchev–Trinajstić information content (AvgIpc) is 2.32. The van der Waals surface area contributed by atoms with Gasteiger partial charge in [-0.25, -0.2) is 0 Å². The minimum absolute atomic E-state index is 0.0684. The summed E-state index contributed by atoms with van der Waals surface area (Å²) in [6, 6.07) is 0. The summed E-state index contributed by atoms with van der Waals surface area (Å²) in [5.41, 5.74) is 0.250. The van der Waals surface area contributed by atoms with Crippen molar-refractivity contribution in [1.82, 2.24) is 0 Å². The fraction of sp³-hybridized carbons (Fsp3) is 1.00. The van der Waals surface area contributed by atoms with Gasteiger partial charge in [-0.05, 0) is 17.3 Å². The van der Waals surface area contributed by atoms with Gasteiger partial charge in [-0.3, -0.25) is 0 Å². The van der Waals surface area contributed by atoms with Gasteiger partial charge in [0, 0.05) is 0 Å². The Kier molecular flexibility index (Phi) is 6.27. The average molecular weight is 288 g/mol. The van der Waals surface area contributed by atoms with Crippen LogP contribution in [-0.4, -0.2) is 7.85 Å². The molecule has 0 N–H and O–H groups in total. The Hall–Kier alpha value is 0.0649. The molecule has 1 heteroatoms.